The fourth-order valence-electron chi connectivity index (χ4n) is 4.63. The van der Waals surface area contributed by atoms with E-state index in [0.29, 0.717) is 23.8 Å². The molecule has 2 unspecified atom stereocenters. The highest BCUT2D eigenvalue weighted by atomic mass is 32.2. The predicted molar refractivity (Wildman–Crippen MR) is 154 cm³/mol. The molecule has 0 aliphatic carbocycles. The smallest absolute Gasteiger partial charge is 0.262 e. The second kappa shape index (κ2) is 16.6. The van der Waals surface area contributed by atoms with Gasteiger partial charge in [-0.1, -0.05) is 26.7 Å². The number of carbonyl (C=O) groups is 2. The maximum absolute atomic E-state index is 14.0. The van der Waals surface area contributed by atoms with E-state index in [2.05, 4.69) is 28.7 Å². The van der Waals surface area contributed by atoms with E-state index >= 15 is 0 Å². The number of hydrogen-bond donors (Lipinski definition) is 3. The molecule has 12 nitrogen and oxygen atoms in total. The van der Waals surface area contributed by atoms with Crippen molar-refractivity contribution in [3.05, 3.63) is 24.3 Å². The zero-order chi connectivity index (χ0) is 30.6. The Hall–Kier alpha value is -2.73. The number of ether oxygens (including phenoxy) is 1. The summed E-state index contributed by atoms with van der Waals surface area (Å²) >= 11 is 0. The van der Waals surface area contributed by atoms with E-state index in [9.17, 15) is 28.4 Å². The van der Waals surface area contributed by atoms with Crippen LogP contribution in [0.2, 0.25) is 0 Å². The number of amides is 2. The summed E-state index contributed by atoms with van der Waals surface area (Å²) in [5.74, 6) is 3.56. The molecule has 41 heavy (non-hydrogen) atoms. The molecule has 1 saturated heterocycles. The Balaban J connectivity index is 2.36. The van der Waals surface area contributed by atoms with Gasteiger partial charge in [0, 0.05) is 45.1 Å². The highest BCUT2D eigenvalue weighted by molar-refractivity contribution is 7.89. The number of nitrogens with one attached hydrogen (secondary N) is 1. The molecule has 1 heterocycles. The zero-order valence-corrected chi connectivity index (χ0v) is 25.6. The van der Waals surface area contributed by atoms with Crippen molar-refractivity contribution < 1.29 is 33.2 Å². The average Bonchev–Trinajstić information content (AvgIpc) is 2.93. The standard InChI is InChI=1S/C28H45N5O7S/c1-6-7-19-40-24-9-11-25(12-10-24)41(38,39)33(14-8-13-31-17-15-30(5)16-18-31)27(28(35)29-36)23(4)21-32(37)26(34)20-22(2)3/h9-12,22-23,27,36-37H,8,13-21H2,1-5H3,(H,29,35). The first kappa shape index (κ1) is 34.5. The van der Waals surface area contributed by atoms with Crippen LogP contribution in [0.1, 0.15) is 40.5 Å². The molecule has 2 atom stereocenters. The molecule has 2 amide bonds. The van der Waals surface area contributed by atoms with Crippen LogP contribution in [0.3, 0.4) is 0 Å². The minimum Gasteiger partial charge on any atom is -0.481 e. The summed E-state index contributed by atoms with van der Waals surface area (Å²) in [6.07, 6.45) is 0.516. The Morgan fingerprint density at radius 2 is 1.76 bits per heavy atom. The average molecular weight is 596 g/mol. The summed E-state index contributed by atoms with van der Waals surface area (Å²) < 4.78 is 34.5. The second-order valence-electron chi connectivity index (χ2n) is 10.8. The first-order valence-electron chi connectivity index (χ1n) is 13.9. The van der Waals surface area contributed by atoms with E-state index in [0.717, 1.165) is 30.5 Å². The van der Waals surface area contributed by atoms with Crippen LogP contribution in [0.15, 0.2) is 29.2 Å². The lowest BCUT2D eigenvalue weighted by atomic mass is 10.0. The SMILES string of the molecule is CC#CCOc1ccc(S(=O)(=O)N(CCCN2CCN(C)CC2)C(C(=O)NO)C(C)CN(O)C(=O)CC(C)C)cc1. The van der Waals surface area contributed by atoms with E-state index in [4.69, 9.17) is 4.74 Å². The number of nitrogens with zero attached hydrogens (tertiary/aromatic N) is 4. The van der Waals surface area contributed by atoms with Crippen LogP contribution in [-0.2, 0) is 19.6 Å². The van der Waals surface area contributed by atoms with Crippen molar-refractivity contribution in [3.63, 3.8) is 0 Å². The highest BCUT2D eigenvalue weighted by Crippen LogP contribution is 2.26. The number of hydrogen-bond acceptors (Lipinski definition) is 9. The van der Waals surface area contributed by atoms with Crippen molar-refractivity contribution in [2.75, 3.05) is 59.5 Å². The molecule has 3 N–H and O–H groups in total. The van der Waals surface area contributed by atoms with Crippen LogP contribution in [0.25, 0.3) is 0 Å². The minimum absolute atomic E-state index is 0.00332. The number of sulfonamides is 1. The lowest BCUT2D eigenvalue weighted by Gasteiger charge is -2.36. The van der Waals surface area contributed by atoms with Gasteiger partial charge < -0.3 is 14.5 Å². The normalized spacial score (nSPS) is 16.1. The Morgan fingerprint density at radius 1 is 1.12 bits per heavy atom. The number of benzene rings is 1. The van der Waals surface area contributed by atoms with Crippen molar-refractivity contribution in [3.8, 4) is 17.6 Å². The Kier molecular flexibility index (Phi) is 14.0. The van der Waals surface area contributed by atoms with Crippen LogP contribution < -0.4 is 10.2 Å². The van der Waals surface area contributed by atoms with Crippen molar-refractivity contribution in [1.29, 1.82) is 0 Å². The monoisotopic (exact) mass is 595 g/mol. The zero-order valence-electron chi connectivity index (χ0n) is 24.7. The largest absolute Gasteiger partial charge is 0.481 e. The summed E-state index contributed by atoms with van der Waals surface area (Å²) in [5, 5.41) is 20.5. The summed E-state index contributed by atoms with van der Waals surface area (Å²) in [4.78, 5) is 29.8. The van der Waals surface area contributed by atoms with Gasteiger partial charge >= 0.3 is 0 Å². The molecule has 0 saturated carbocycles. The van der Waals surface area contributed by atoms with Crippen LogP contribution in [0.5, 0.6) is 5.75 Å². The summed E-state index contributed by atoms with van der Waals surface area (Å²) in [6.45, 7) is 10.9. The molecule has 1 aliphatic heterocycles. The van der Waals surface area contributed by atoms with Gasteiger partial charge in [0.15, 0.2) is 0 Å². The van der Waals surface area contributed by atoms with Crippen molar-refractivity contribution >= 4 is 21.8 Å². The van der Waals surface area contributed by atoms with Crippen LogP contribution >= 0.6 is 0 Å². The van der Waals surface area contributed by atoms with Gasteiger partial charge in [0.1, 0.15) is 18.4 Å². The van der Waals surface area contributed by atoms with Crippen LogP contribution in [-0.4, -0.2) is 115 Å². The van der Waals surface area contributed by atoms with Gasteiger partial charge in [-0.15, -0.1) is 5.92 Å². The second-order valence-corrected chi connectivity index (χ2v) is 12.7. The molecule has 230 valence electrons. The topological polar surface area (TPSA) is 143 Å². The number of hydroxylamine groups is 3. The third kappa shape index (κ3) is 10.6. The van der Waals surface area contributed by atoms with E-state index < -0.39 is 33.8 Å². The van der Waals surface area contributed by atoms with E-state index in [1.54, 1.807) is 19.3 Å². The molecular formula is C28H45N5O7S. The fraction of sp³-hybridized carbons (Fsp3) is 0.643. The minimum atomic E-state index is -4.26. The maximum atomic E-state index is 14.0. The Morgan fingerprint density at radius 3 is 2.32 bits per heavy atom. The third-order valence-corrected chi connectivity index (χ3v) is 8.82. The number of carbonyl (C=O) groups excluding carboxylic acids is 2. The van der Waals surface area contributed by atoms with E-state index in [-0.39, 0.29) is 36.9 Å². The Bertz CT molecular complexity index is 1140. The molecule has 0 aromatic heterocycles. The maximum Gasteiger partial charge on any atom is 0.262 e. The molecule has 2 rings (SSSR count). The first-order chi connectivity index (χ1) is 19.4. The molecule has 13 heteroatoms. The summed E-state index contributed by atoms with van der Waals surface area (Å²) in [5.41, 5.74) is 1.59. The third-order valence-electron chi connectivity index (χ3n) is 6.93. The van der Waals surface area contributed by atoms with Gasteiger partial charge in [-0.2, -0.15) is 4.31 Å². The van der Waals surface area contributed by atoms with E-state index in [1.807, 2.05) is 13.8 Å². The van der Waals surface area contributed by atoms with Crippen molar-refractivity contribution in [2.45, 2.75) is 51.5 Å². The van der Waals surface area contributed by atoms with E-state index in [1.165, 1.54) is 24.3 Å². The predicted octanol–water partition coefficient (Wildman–Crippen LogP) is 1.49. The number of likely N-dealkylation sites (N-methyl/N-ethyl adjacent to an activating group) is 1. The molecule has 0 bridgehead atoms. The molecule has 0 spiro atoms. The number of rotatable bonds is 15. The van der Waals surface area contributed by atoms with Gasteiger partial charge in [-0.05, 0) is 57.1 Å². The first-order valence-corrected chi connectivity index (χ1v) is 15.3. The molecule has 0 radical (unpaired) electrons. The van der Waals surface area contributed by atoms with Gasteiger partial charge in [-0.3, -0.25) is 20.0 Å². The quantitative estimate of drug-likeness (QED) is 0.156. The molecule has 1 aliphatic rings. The van der Waals surface area contributed by atoms with Gasteiger partial charge in [-0.25, -0.2) is 19.0 Å². The lowest BCUT2D eigenvalue weighted by molar-refractivity contribution is -0.170. The number of piperazine rings is 1. The molecule has 1 aromatic rings. The fourth-order valence-corrected chi connectivity index (χ4v) is 6.36. The van der Waals surface area contributed by atoms with Crippen molar-refractivity contribution in [2.24, 2.45) is 11.8 Å². The lowest BCUT2D eigenvalue weighted by Crippen LogP contribution is -2.55. The van der Waals surface area contributed by atoms with Crippen molar-refractivity contribution in [1.82, 2.24) is 24.6 Å². The van der Waals surface area contributed by atoms with Crippen LogP contribution in [0, 0.1) is 23.7 Å². The molecule has 1 fully saturated rings. The molecule has 1 aromatic carbocycles. The highest BCUT2D eigenvalue weighted by Gasteiger charge is 2.40. The molecular weight excluding hydrogens is 550 g/mol. The Labute approximate surface area is 244 Å². The summed E-state index contributed by atoms with van der Waals surface area (Å²) in [6, 6.07) is 4.39. The van der Waals surface area contributed by atoms with Gasteiger partial charge in [0.05, 0.1) is 11.4 Å². The summed E-state index contributed by atoms with van der Waals surface area (Å²) in [7, 11) is -2.21. The van der Waals surface area contributed by atoms with Gasteiger partial charge in [0.2, 0.25) is 15.9 Å². The van der Waals surface area contributed by atoms with Crippen LogP contribution in [0.4, 0.5) is 0 Å². The van der Waals surface area contributed by atoms with Gasteiger partial charge in [0.25, 0.3) is 5.91 Å².